The Morgan fingerprint density at radius 1 is 0.694 bits per heavy atom. The second-order valence-corrected chi connectivity index (χ2v) is 10.7. The lowest BCUT2D eigenvalue weighted by molar-refractivity contribution is 0.0734. The standard InChI is InChI=1S/C33H48O3/c1-3-5-6-7-8-9-10-26-35-31-24-20-30(21-25-31)33(34)36-32-22-18-29(19-23-32)17-16-28-14-12-27(11-4-2)13-15-28/h18-25,27-28H,3-17,26H2,1-2H3. The van der Waals surface area contributed by atoms with Gasteiger partial charge in [0, 0.05) is 0 Å². The van der Waals surface area contributed by atoms with E-state index >= 15 is 0 Å². The van der Waals surface area contributed by atoms with Crippen LogP contribution in [-0.4, -0.2) is 12.6 Å². The number of hydrogen-bond donors (Lipinski definition) is 0. The number of ether oxygens (including phenoxy) is 2. The summed E-state index contributed by atoms with van der Waals surface area (Å²) in [5, 5.41) is 0. The molecule has 1 aliphatic carbocycles. The number of rotatable bonds is 16. The minimum absolute atomic E-state index is 0.329. The fourth-order valence-corrected chi connectivity index (χ4v) is 5.41. The molecule has 0 aliphatic heterocycles. The van der Waals surface area contributed by atoms with Crippen molar-refractivity contribution in [2.24, 2.45) is 11.8 Å². The van der Waals surface area contributed by atoms with Gasteiger partial charge in [0.25, 0.3) is 0 Å². The third-order valence-corrected chi connectivity index (χ3v) is 7.75. The highest BCUT2D eigenvalue weighted by Gasteiger charge is 2.20. The Bertz CT molecular complexity index is 848. The topological polar surface area (TPSA) is 35.5 Å². The van der Waals surface area contributed by atoms with Crippen LogP contribution in [0.4, 0.5) is 0 Å². The Balaban J connectivity index is 1.33. The minimum atomic E-state index is -0.329. The lowest BCUT2D eigenvalue weighted by atomic mass is 9.78. The number of esters is 1. The molecule has 3 rings (SSSR count). The molecular weight excluding hydrogens is 444 g/mol. The molecule has 1 saturated carbocycles. The van der Waals surface area contributed by atoms with Crippen molar-refractivity contribution < 1.29 is 14.3 Å². The number of benzene rings is 2. The smallest absolute Gasteiger partial charge is 0.343 e. The van der Waals surface area contributed by atoms with E-state index in [0.717, 1.165) is 37.0 Å². The van der Waals surface area contributed by atoms with Crippen LogP contribution in [0.2, 0.25) is 0 Å². The van der Waals surface area contributed by atoms with Gasteiger partial charge in [-0.25, -0.2) is 4.79 Å². The van der Waals surface area contributed by atoms with Gasteiger partial charge in [-0.3, -0.25) is 0 Å². The Labute approximate surface area is 220 Å². The monoisotopic (exact) mass is 492 g/mol. The van der Waals surface area contributed by atoms with Gasteiger partial charge in [-0.1, -0.05) is 103 Å². The Morgan fingerprint density at radius 2 is 1.28 bits per heavy atom. The summed E-state index contributed by atoms with van der Waals surface area (Å²) in [4.78, 5) is 12.6. The Morgan fingerprint density at radius 3 is 1.92 bits per heavy atom. The summed E-state index contributed by atoms with van der Waals surface area (Å²) >= 11 is 0. The van der Waals surface area contributed by atoms with E-state index in [0.29, 0.717) is 11.3 Å². The molecule has 0 amide bonds. The fraction of sp³-hybridized carbons (Fsp3) is 0.606. The first-order valence-electron chi connectivity index (χ1n) is 14.7. The largest absolute Gasteiger partial charge is 0.494 e. The molecule has 3 heteroatoms. The molecule has 0 atom stereocenters. The lowest BCUT2D eigenvalue weighted by Crippen LogP contribution is -2.15. The Hall–Kier alpha value is -2.29. The molecule has 0 heterocycles. The van der Waals surface area contributed by atoms with Gasteiger partial charge in [-0.2, -0.15) is 0 Å². The third kappa shape index (κ3) is 10.4. The zero-order valence-corrected chi connectivity index (χ0v) is 22.8. The summed E-state index contributed by atoms with van der Waals surface area (Å²) in [6.07, 6.45) is 19.6. The molecule has 3 nitrogen and oxygen atoms in total. The van der Waals surface area contributed by atoms with E-state index in [9.17, 15) is 4.79 Å². The molecule has 0 unspecified atom stereocenters. The second kappa shape index (κ2) is 16.5. The van der Waals surface area contributed by atoms with Crippen LogP contribution >= 0.6 is 0 Å². The molecule has 198 valence electrons. The maximum absolute atomic E-state index is 12.6. The number of hydrogen-bond acceptors (Lipinski definition) is 3. The van der Waals surface area contributed by atoms with Crippen molar-refractivity contribution in [3.05, 3.63) is 59.7 Å². The van der Waals surface area contributed by atoms with Crippen LogP contribution in [0.15, 0.2) is 48.5 Å². The molecule has 0 bridgehead atoms. The van der Waals surface area contributed by atoms with Crippen molar-refractivity contribution in [1.29, 1.82) is 0 Å². The first-order chi connectivity index (χ1) is 17.7. The quantitative estimate of drug-likeness (QED) is 0.133. The van der Waals surface area contributed by atoms with Crippen molar-refractivity contribution in [3.63, 3.8) is 0 Å². The molecule has 0 spiro atoms. The average Bonchev–Trinajstić information content (AvgIpc) is 2.91. The molecule has 0 aromatic heterocycles. The Kier molecular flexibility index (Phi) is 12.9. The highest BCUT2D eigenvalue weighted by molar-refractivity contribution is 5.91. The van der Waals surface area contributed by atoms with Crippen LogP contribution in [0.3, 0.4) is 0 Å². The first-order valence-corrected chi connectivity index (χ1v) is 14.7. The zero-order chi connectivity index (χ0) is 25.4. The molecule has 0 radical (unpaired) electrons. The SMILES string of the molecule is CCCCCCCCCOc1ccc(C(=O)Oc2ccc(CCC3CCC(CCC)CC3)cc2)cc1. The van der Waals surface area contributed by atoms with E-state index in [-0.39, 0.29) is 5.97 Å². The lowest BCUT2D eigenvalue weighted by Gasteiger charge is -2.28. The predicted octanol–water partition coefficient (Wildman–Crippen LogP) is 9.57. The van der Waals surface area contributed by atoms with Crippen molar-refractivity contribution in [3.8, 4) is 11.5 Å². The van der Waals surface area contributed by atoms with Crippen molar-refractivity contribution in [1.82, 2.24) is 0 Å². The van der Waals surface area contributed by atoms with E-state index < -0.39 is 0 Å². The summed E-state index contributed by atoms with van der Waals surface area (Å²) in [6.45, 7) is 5.28. The van der Waals surface area contributed by atoms with Crippen molar-refractivity contribution in [2.75, 3.05) is 6.61 Å². The van der Waals surface area contributed by atoms with Gasteiger partial charge in [0.15, 0.2) is 0 Å². The number of carbonyl (C=O) groups excluding carboxylic acids is 1. The molecule has 36 heavy (non-hydrogen) atoms. The fourth-order valence-electron chi connectivity index (χ4n) is 5.41. The van der Waals surface area contributed by atoms with E-state index in [1.54, 1.807) is 12.1 Å². The summed E-state index contributed by atoms with van der Waals surface area (Å²) < 4.78 is 11.4. The van der Waals surface area contributed by atoms with Gasteiger partial charge < -0.3 is 9.47 Å². The van der Waals surface area contributed by atoms with E-state index in [4.69, 9.17) is 9.47 Å². The van der Waals surface area contributed by atoms with Crippen LogP contribution in [-0.2, 0) is 6.42 Å². The second-order valence-electron chi connectivity index (χ2n) is 10.7. The van der Waals surface area contributed by atoms with Gasteiger partial charge in [-0.15, -0.1) is 0 Å². The minimum Gasteiger partial charge on any atom is -0.494 e. The maximum atomic E-state index is 12.6. The van der Waals surface area contributed by atoms with Crippen LogP contribution in [0, 0.1) is 11.8 Å². The van der Waals surface area contributed by atoms with E-state index in [2.05, 4.69) is 26.0 Å². The highest BCUT2D eigenvalue weighted by atomic mass is 16.5. The van der Waals surface area contributed by atoms with Crippen LogP contribution in [0.25, 0.3) is 0 Å². The molecule has 1 aliphatic rings. The van der Waals surface area contributed by atoms with Crippen LogP contribution in [0.5, 0.6) is 11.5 Å². The molecule has 1 fully saturated rings. The van der Waals surface area contributed by atoms with E-state index in [1.807, 2.05) is 24.3 Å². The average molecular weight is 493 g/mol. The van der Waals surface area contributed by atoms with Crippen molar-refractivity contribution >= 4 is 5.97 Å². The normalized spacial score (nSPS) is 17.6. The molecule has 0 saturated heterocycles. The number of unbranched alkanes of at least 4 members (excludes halogenated alkanes) is 6. The number of carbonyl (C=O) groups is 1. The molecule has 2 aromatic rings. The van der Waals surface area contributed by atoms with Crippen LogP contribution in [0.1, 0.15) is 120 Å². The van der Waals surface area contributed by atoms with Gasteiger partial charge >= 0.3 is 5.97 Å². The van der Waals surface area contributed by atoms with Crippen molar-refractivity contribution in [2.45, 2.75) is 110 Å². The van der Waals surface area contributed by atoms with Gasteiger partial charge in [-0.05, 0) is 73.1 Å². The third-order valence-electron chi connectivity index (χ3n) is 7.75. The van der Waals surface area contributed by atoms with Crippen LogP contribution < -0.4 is 9.47 Å². The summed E-state index contributed by atoms with van der Waals surface area (Å²) in [7, 11) is 0. The van der Waals surface area contributed by atoms with Gasteiger partial charge in [0.1, 0.15) is 11.5 Å². The molecule has 2 aromatic carbocycles. The molecule has 0 N–H and O–H groups in total. The van der Waals surface area contributed by atoms with Gasteiger partial charge in [0.2, 0.25) is 0 Å². The predicted molar refractivity (Wildman–Crippen MR) is 150 cm³/mol. The maximum Gasteiger partial charge on any atom is 0.343 e. The summed E-state index contributed by atoms with van der Waals surface area (Å²) in [6, 6.07) is 15.3. The summed E-state index contributed by atoms with van der Waals surface area (Å²) in [5.41, 5.74) is 1.87. The summed E-state index contributed by atoms with van der Waals surface area (Å²) in [5.74, 6) is 2.92. The van der Waals surface area contributed by atoms with E-state index in [1.165, 1.54) is 89.0 Å². The first kappa shape index (κ1) is 28.3. The highest BCUT2D eigenvalue weighted by Crippen LogP contribution is 2.34. The van der Waals surface area contributed by atoms with Gasteiger partial charge in [0.05, 0.1) is 12.2 Å². The molecular formula is C33H48O3. The number of aryl methyl sites for hydroxylation is 1. The zero-order valence-electron chi connectivity index (χ0n) is 22.8.